The number of carbonyl (C=O) groups excluding carboxylic acids is 1. The predicted molar refractivity (Wildman–Crippen MR) is 54.3 cm³/mol. The number of aldehydes is 1. The Balaban J connectivity index is 2.81. The Morgan fingerprint density at radius 1 is 1.42 bits per heavy atom. The molecule has 0 aliphatic carbocycles. The summed E-state index contributed by atoms with van der Waals surface area (Å²) >= 11 is 2.20. The smallest absolute Gasteiger partial charge is 0.153 e. The summed E-state index contributed by atoms with van der Waals surface area (Å²) in [6, 6.07) is 5.75. The molecule has 0 spiro atoms. The van der Waals surface area contributed by atoms with E-state index < -0.39 is 0 Å². The minimum atomic E-state index is 0.612. The van der Waals surface area contributed by atoms with Gasteiger partial charge >= 0.3 is 0 Å². The Kier molecular flexibility index (Phi) is 1.88. The first-order valence-corrected chi connectivity index (χ1v) is 4.51. The van der Waals surface area contributed by atoms with Gasteiger partial charge in [0.05, 0.1) is 5.56 Å². The number of fused-ring (bicyclic) bond motifs is 1. The van der Waals surface area contributed by atoms with Gasteiger partial charge in [-0.1, -0.05) is 0 Å². The van der Waals surface area contributed by atoms with Crippen LogP contribution in [0.15, 0.2) is 28.9 Å². The Bertz CT molecular complexity index is 431. The molecule has 2 rings (SSSR count). The van der Waals surface area contributed by atoms with Crippen LogP contribution in [0.4, 0.5) is 0 Å². The summed E-state index contributed by atoms with van der Waals surface area (Å²) in [5.41, 5.74) is 1.38. The van der Waals surface area contributed by atoms with Gasteiger partial charge in [0.2, 0.25) is 0 Å². The zero-order valence-corrected chi connectivity index (χ0v) is 8.24. The second kappa shape index (κ2) is 2.90. The molecule has 0 saturated carbocycles. The molecule has 0 bridgehead atoms. The number of hydrogen-bond acceptors (Lipinski definition) is 2. The van der Waals surface area contributed by atoms with Gasteiger partial charge in [0, 0.05) is 8.96 Å². The van der Waals surface area contributed by atoms with Gasteiger partial charge in [0.15, 0.2) is 6.29 Å². The van der Waals surface area contributed by atoms with Gasteiger partial charge in [-0.05, 0) is 40.8 Å². The topological polar surface area (TPSA) is 30.2 Å². The van der Waals surface area contributed by atoms with E-state index in [2.05, 4.69) is 22.6 Å². The van der Waals surface area contributed by atoms with Gasteiger partial charge in [-0.2, -0.15) is 0 Å². The normalized spacial score (nSPS) is 10.4. The van der Waals surface area contributed by atoms with Crippen LogP contribution < -0.4 is 0 Å². The Labute approximate surface area is 82.7 Å². The third-order valence-corrected chi connectivity index (χ3v) is 2.37. The zero-order chi connectivity index (χ0) is 8.55. The lowest BCUT2D eigenvalue weighted by Gasteiger charge is -1.89. The van der Waals surface area contributed by atoms with Crippen LogP contribution in [0, 0.1) is 3.57 Å². The van der Waals surface area contributed by atoms with Crippen LogP contribution in [0.5, 0.6) is 0 Å². The van der Waals surface area contributed by atoms with Crippen LogP contribution in [-0.2, 0) is 0 Å². The van der Waals surface area contributed by atoms with E-state index in [1.165, 1.54) is 6.26 Å². The van der Waals surface area contributed by atoms with Gasteiger partial charge in [0.1, 0.15) is 11.8 Å². The minimum Gasteiger partial charge on any atom is -0.464 e. The van der Waals surface area contributed by atoms with Crippen LogP contribution in [0.1, 0.15) is 10.4 Å². The van der Waals surface area contributed by atoms with Gasteiger partial charge < -0.3 is 4.42 Å². The average Bonchev–Trinajstić information content (AvgIpc) is 2.46. The van der Waals surface area contributed by atoms with Crippen molar-refractivity contribution in [2.45, 2.75) is 0 Å². The van der Waals surface area contributed by atoms with Crippen LogP contribution in [0.3, 0.4) is 0 Å². The molecule has 2 nitrogen and oxygen atoms in total. The molecule has 0 atom stereocenters. The summed E-state index contributed by atoms with van der Waals surface area (Å²) in [4.78, 5) is 10.5. The van der Waals surface area contributed by atoms with E-state index in [1.54, 1.807) is 0 Å². The van der Waals surface area contributed by atoms with Crippen LogP contribution in [-0.4, -0.2) is 6.29 Å². The van der Waals surface area contributed by atoms with E-state index in [1.807, 2.05) is 18.2 Å². The number of benzene rings is 1. The molecule has 0 N–H and O–H groups in total. The Morgan fingerprint density at radius 2 is 2.25 bits per heavy atom. The predicted octanol–water partition coefficient (Wildman–Crippen LogP) is 2.85. The van der Waals surface area contributed by atoms with Crippen molar-refractivity contribution in [2.24, 2.45) is 0 Å². The highest BCUT2D eigenvalue weighted by Crippen LogP contribution is 2.21. The maximum absolute atomic E-state index is 10.5. The van der Waals surface area contributed by atoms with Crippen molar-refractivity contribution < 1.29 is 9.21 Å². The monoisotopic (exact) mass is 272 g/mol. The fourth-order valence-electron chi connectivity index (χ4n) is 1.11. The molecule has 0 aliphatic rings. The van der Waals surface area contributed by atoms with Crippen LogP contribution in [0.2, 0.25) is 0 Å². The third-order valence-electron chi connectivity index (χ3n) is 1.69. The number of halogens is 1. The molecule has 1 heterocycles. The highest BCUT2D eigenvalue weighted by Gasteiger charge is 2.03. The Morgan fingerprint density at radius 3 is 3.00 bits per heavy atom. The fraction of sp³-hybridized carbons (Fsp3) is 0. The molecule has 0 aliphatic heterocycles. The largest absolute Gasteiger partial charge is 0.464 e. The van der Waals surface area contributed by atoms with E-state index in [0.717, 1.165) is 20.8 Å². The number of furan rings is 1. The molecule has 3 heteroatoms. The van der Waals surface area contributed by atoms with Gasteiger partial charge in [-0.3, -0.25) is 4.79 Å². The molecule has 0 fully saturated rings. The molecule has 2 aromatic rings. The lowest BCUT2D eigenvalue weighted by Crippen LogP contribution is -1.74. The summed E-state index contributed by atoms with van der Waals surface area (Å²) in [6.07, 6.45) is 2.28. The van der Waals surface area contributed by atoms with E-state index in [-0.39, 0.29) is 0 Å². The molecule has 0 radical (unpaired) electrons. The van der Waals surface area contributed by atoms with E-state index in [4.69, 9.17) is 4.42 Å². The first kappa shape index (κ1) is 7.79. The SMILES string of the molecule is O=Cc1coc2cc(I)ccc12. The van der Waals surface area contributed by atoms with Gasteiger partial charge in [-0.25, -0.2) is 0 Å². The van der Waals surface area contributed by atoms with Crippen LogP contribution >= 0.6 is 22.6 Å². The van der Waals surface area contributed by atoms with Gasteiger partial charge in [-0.15, -0.1) is 0 Å². The first-order chi connectivity index (χ1) is 5.81. The molecule has 12 heavy (non-hydrogen) atoms. The van der Waals surface area contributed by atoms with Crippen molar-refractivity contribution in [1.82, 2.24) is 0 Å². The average molecular weight is 272 g/mol. The standard InChI is InChI=1S/C9H5IO2/c10-7-1-2-8-6(4-11)5-12-9(8)3-7/h1-5H. The van der Waals surface area contributed by atoms with Gasteiger partial charge in [0.25, 0.3) is 0 Å². The summed E-state index contributed by atoms with van der Waals surface area (Å²) < 4.78 is 6.29. The number of rotatable bonds is 1. The van der Waals surface area contributed by atoms with E-state index >= 15 is 0 Å². The van der Waals surface area contributed by atoms with Crippen LogP contribution in [0.25, 0.3) is 11.0 Å². The number of hydrogen-bond donors (Lipinski definition) is 0. The maximum atomic E-state index is 10.5. The molecule has 0 saturated heterocycles. The second-order valence-electron chi connectivity index (χ2n) is 2.45. The van der Waals surface area contributed by atoms with Crippen molar-refractivity contribution in [2.75, 3.05) is 0 Å². The molecule has 0 amide bonds. The lowest BCUT2D eigenvalue weighted by molar-refractivity contribution is 0.112. The lowest BCUT2D eigenvalue weighted by atomic mass is 10.2. The molecule has 1 aromatic heterocycles. The minimum absolute atomic E-state index is 0.612. The molecule has 0 unspecified atom stereocenters. The van der Waals surface area contributed by atoms with Crippen molar-refractivity contribution >= 4 is 39.8 Å². The summed E-state index contributed by atoms with van der Waals surface area (Å²) in [7, 11) is 0. The van der Waals surface area contributed by atoms with Crippen molar-refractivity contribution in [1.29, 1.82) is 0 Å². The second-order valence-corrected chi connectivity index (χ2v) is 3.70. The number of carbonyl (C=O) groups is 1. The molecular formula is C9H5IO2. The highest BCUT2D eigenvalue weighted by atomic mass is 127. The molecule has 1 aromatic carbocycles. The zero-order valence-electron chi connectivity index (χ0n) is 6.08. The molecule has 60 valence electrons. The highest BCUT2D eigenvalue weighted by molar-refractivity contribution is 14.1. The summed E-state index contributed by atoms with van der Waals surface area (Å²) in [5.74, 6) is 0. The quantitative estimate of drug-likeness (QED) is 0.590. The maximum Gasteiger partial charge on any atom is 0.153 e. The first-order valence-electron chi connectivity index (χ1n) is 3.43. The van der Waals surface area contributed by atoms with Crippen molar-refractivity contribution in [3.8, 4) is 0 Å². The summed E-state index contributed by atoms with van der Waals surface area (Å²) in [5, 5.41) is 0.880. The van der Waals surface area contributed by atoms with E-state index in [9.17, 15) is 4.79 Å². The van der Waals surface area contributed by atoms with Crippen molar-refractivity contribution in [3.63, 3.8) is 0 Å². The fourth-order valence-corrected chi connectivity index (χ4v) is 1.58. The molecular weight excluding hydrogens is 267 g/mol. The summed E-state index contributed by atoms with van der Waals surface area (Å²) in [6.45, 7) is 0. The Hall–Kier alpha value is -0.840. The van der Waals surface area contributed by atoms with Crippen molar-refractivity contribution in [3.05, 3.63) is 33.6 Å². The third kappa shape index (κ3) is 1.14. The van der Waals surface area contributed by atoms with E-state index in [0.29, 0.717) is 5.56 Å².